The third kappa shape index (κ3) is 3.30. The van der Waals surface area contributed by atoms with E-state index in [0.29, 0.717) is 10.7 Å². The van der Waals surface area contributed by atoms with Crippen LogP contribution in [0.25, 0.3) is 0 Å². The molecule has 0 unspecified atom stereocenters. The first-order valence-electron chi connectivity index (χ1n) is 4.52. The van der Waals surface area contributed by atoms with Crippen molar-refractivity contribution in [2.75, 3.05) is 17.6 Å². The zero-order chi connectivity index (χ0) is 10.6. The quantitative estimate of drug-likeness (QED) is 0.594. The Labute approximate surface area is 89.8 Å². The average Bonchev–Trinajstić information content (AvgIpc) is 2.08. The molecule has 0 amide bonds. The second-order valence-electron chi connectivity index (χ2n) is 3.39. The van der Waals surface area contributed by atoms with Crippen LogP contribution < -0.4 is 11.1 Å². The highest BCUT2D eigenvalue weighted by Crippen LogP contribution is 2.22. The van der Waals surface area contributed by atoms with Crippen molar-refractivity contribution < 1.29 is 0 Å². The largest absolute Gasteiger partial charge is 0.397 e. The minimum atomic E-state index is 0.662. The molecule has 0 heterocycles. The molecular formula is C11H15ClN2. The van der Waals surface area contributed by atoms with Crippen molar-refractivity contribution in [3.8, 4) is 0 Å². The number of hydrogen-bond donors (Lipinski definition) is 2. The molecule has 0 bridgehead atoms. The van der Waals surface area contributed by atoms with Gasteiger partial charge in [-0.25, -0.2) is 0 Å². The number of nitrogens with one attached hydrogen (secondary N) is 1. The Hall–Kier alpha value is -1.15. The van der Waals surface area contributed by atoms with Crippen LogP contribution in [-0.4, -0.2) is 6.54 Å². The van der Waals surface area contributed by atoms with Gasteiger partial charge in [-0.05, 0) is 32.0 Å². The number of nitrogens with two attached hydrogens (primary N) is 1. The molecule has 0 aromatic heterocycles. The lowest BCUT2D eigenvalue weighted by Gasteiger charge is -2.07. The highest BCUT2D eigenvalue weighted by atomic mass is 35.5. The Balaban J connectivity index is 2.64. The van der Waals surface area contributed by atoms with Crippen molar-refractivity contribution in [2.45, 2.75) is 13.8 Å². The summed E-state index contributed by atoms with van der Waals surface area (Å²) in [5.74, 6) is 0. The lowest BCUT2D eigenvalue weighted by atomic mass is 10.2. The molecule has 0 fully saturated rings. The van der Waals surface area contributed by atoms with Crippen LogP contribution in [0, 0.1) is 0 Å². The zero-order valence-corrected chi connectivity index (χ0v) is 9.23. The number of hydrogen-bond acceptors (Lipinski definition) is 2. The normalized spacial score (nSPS) is 9.64. The van der Waals surface area contributed by atoms with E-state index < -0.39 is 0 Å². The van der Waals surface area contributed by atoms with Gasteiger partial charge >= 0.3 is 0 Å². The average molecular weight is 211 g/mol. The van der Waals surface area contributed by atoms with Gasteiger partial charge in [-0.3, -0.25) is 0 Å². The van der Waals surface area contributed by atoms with Crippen molar-refractivity contribution in [1.29, 1.82) is 0 Å². The van der Waals surface area contributed by atoms with Crippen molar-refractivity contribution >= 4 is 23.0 Å². The van der Waals surface area contributed by atoms with Crippen LogP contribution in [-0.2, 0) is 0 Å². The third-order valence-electron chi connectivity index (χ3n) is 1.82. The van der Waals surface area contributed by atoms with E-state index in [4.69, 9.17) is 17.3 Å². The number of benzene rings is 1. The van der Waals surface area contributed by atoms with Gasteiger partial charge in [-0.15, -0.1) is 0 Å². The molecule has 14 heavy (non-hydrogen) atoms. The molecule has 76 valence electrons. The highest BCUT2D eigenvalue weighted by molar-refractivity contribution is 6.31. The molecule has 1 rings (SSSR count). The summed E-state index contributed by atoms with van der Waals surface area (Å²) in [5, 5.41) is 3.87. The van der Waals surface area contributed by atoms with E-state index >= 15 is 0 Å². The van der Waals surface area contributed by atoms with Crippen molar-refractivity contribution in [2.24, 2.45) is 0 Å². The summed E-state index contributed by atoms with van der Waals surface area (Å²) >= 11 is 5.78. The smallest absolute Gasteiger partial charge is 0.0577 e. The van der Waals surface area contributed by atoms with Crippen LogP contribution in [0.4, 0.5) is 11.4 Å². The van der Waals surface area contributed by atoms with E-state index in [1.54, 1.807) is 6.07 Å². The first-order valence-corrected chi connectivity index (χ1v) is 4.89. The molecule has 0 aliphatic heterocycles. The fourth-order valence-corrected chi connectivity index (χ4v) is 1.24. The topological polar surface area (TPSA) is 38.0 Å². The summed E-state index contributed by atoms with van der Waals surface area (Å²) in [6.45, 7) is 4.91. The standard InChI is InChI=1S/C11H15ClN2/c1-8(2)5-6-14-11-4-3-9(12)7-10(11)13/h3-5,7,14H,6,13H2,1-2H3. The van der Waals surface area contributed by atoms with Gasteiger partial charge in [0.05, 0.1) is 11.4 Å². The maximum atomic E-state index is 5.78. The monoisotopic (exact) mass is 210 g/mol. The van der Waals surface area contributed by atoms with E-state index in [1.165, 1.54) is 5.57 Å². The maximum absolute atomic E-state index is 5.78. The second kappa shape index (κ2) is 4.91. The van der Waals surface area contributed by atoms with Gasteiger partial charge in [0.25, 0.3) is 0 Å². The van der Waals surface area contributed by atoms with E-state index in [0.717, 1.165) is 12.2 Å². The number of allylic oxidation sites excluding steroid dienone is 1. The van der Waals surface area contributed by atoms with Gasteiger partial charge in [0.2, 0.25) is 0 Å². The summed E-state index contributed by atoms with van der Waals surface area (Å²) in [7, 11) is 0. The molecular weight excluding hydrogens is 196 g/mol. The molecule has 0 spiro atoms. The predicted molar refractivity (Wildman–Crippen MR) is 63.8 cm³/mol. The molecule has 3 N–H and O–H groups in total. The number of anilines is 2. The molecule has 0 atom stereocenters. The van der Waals surface area contributed by atoms with Crippen LogP contribution in [0.1, 0.15) is 13.8 Å². The molecule has 0 aliphatic carbocycles. The minimum Gasteiger partial charge on any atom is -0.397 e. The summed E-state index contributed by atoms with van der Waals surface area (Å²) in [5.41, 5.74) is 8.66. The SMILES string of the molecule is CC(C)=CCNc1ccc(Cl)cc1N. The number of halogens is 1. The van der Waals surface area contributed by atoms with Crippen molar-refractivity contribution in [1.82, 2.24) is 0 Å². The Morgan fingerprint density at radius 1 is 1.50 bits per heavy atom. The molecule has 0 aliphatic rings. The first kappa shape index (κ1) is 10.9. The highest BCUT2D eigenvalue weighted by Gasteiger charge is 1.97. The predicted octanol–water partition coefficient (Wildman–Crippen LogP) is 3.30. The van der Waals surface area contributed by atoms with Gasteiger partial charge in [0.15, 0.2) is 0 Å². The van der Waals surface area contributed by atoms with Crippen molar-refractivity contribution in [3.05, 3.63) is 34.9 Å². The van der Waals surface area contributed by atoms with E-state index in [9.17, 15) is 0 Å². The maximum Gasteiger partial charge on any atom is 0.0577 e. The van der Waals surface area contributed by atoms with Crippen LogP contribution >= 0.6 is 11.6 Å². The molecule has 1 aromatic carbocycles. The summed E-state index contributed by atoms with van der Waals surface area (Å²) in [6, 6.07) is 5.45. The first-order chi connectivity index (χ1) is 6.59. The minimum absolute atomic E-state index is 0.662. The van der Waals surface area contributed by atoms with Gasteiger partial charge in [0, 0.05) is 11.6 Å². The molecule has 0 saturated carbocycles. The Kier molecular flexibility index (Phi) is 3.84. The van der Waals surface area contributed by atoms with Crippen LogP contribution in [0.15, 0.2) is 29.8 Å². The van der Waals surface area contributed by atoms with Gasteiger partial charge in [-0.1, -0.05) is 23.3 Å². The molecule has 1 aromatic rings. The van der Waals surface area contributed by atoms with E-state index in [1.807, 2.05) is 12.1 Å². The van der Waals surface area contributed by atoms with Crippen LogP contribution in [0.2, 0.25) is 5.02 Å². The van der Waals surface area contributed by atoms with Gasteiger partial charge < -0.3 is 11.1 Å². The number of nitrogen functional groups attached to an aromatic ring is 1. The van der Waals surface area contributed by atoms with Gasteiger partial charge in [-0.2, -0.15) is 0 Å². The van der Waals surface area contributed by atoms with E-state index in [2.05, 4.69) is 25.2 Å². The fraction of sp³-hybridized carbons (Fsp3) is 0.273. The summed E-state index contributed by atoms with van der Waals surface area (Å²) in [4.78, 5) is 0. The van der Waals surface area contributed by atoms with Crippen LogP contribution in [0.3, 0.4) is 0 Å². The van der Waals surface area contributed by atoms with Gasteiger partial charge in [0.1, 0.15) is 0 Å². The zero-order valence-electron chi connectivity index (χ0n) is 8.47. The summed E-state index contributed by atoms with van der Waals surface area (Å²) in [6.07, 6.45) is 2.11. The van der Waals surface area contributed by atoms with Crippen LogP contribution in [0.5, 0.6) is 0 Å². The molecule has 2 nitrogen and oxygen atoms in total. The lowest BCUT2D eigenvalue weighted by Crippen LogP contribution is -2.01. The molecule has 0 saturated heterocycles. The lowest BCUT2D eigenvalue weighted by molar-refractivity contribution is 1.26. The van der Waals surface area contributed by atoms with Crippen molar-refractivity contribution in [3.63, 3.8) is 0 Å². The Morgan fingerprint density at radius 2 is 2.21 bits per heavy atom. The number of rotatable bonds is 3. The van der Waals surface area contributed by atoms with E-state index in [-0.39, 0.29) is 0 Å². The molecule has 3 heteroatoms. The summed E-state index contributed by atoms with van der Waals surface area (Å²) < 4.78 is 0. The Morgan fingerprint density at radius 3 is 2.79 bits per heavy atom. The fourth-order valence-electron chi connectivity index (χ4n) is 1.06. The third-order valence-corrected chi connectivity index (χ3v) is 2.05. The Bertz CT molecular complexity index is 341. The molecule has 0 radical (unpaired) electrons. The second-order valence-corrected chi connectivity index (χ2v) is 3.83.